The van der Waals surface area contributed by atoms with Gasteiger partial charge < -0.3 is 14.8 Å². The fourth-order valence-corrected chi connectivity index (χ4v) is 3.56. The molecular weight excluding hydrogens is 394 g/mol. The van der Waals surface area contributed by atoms with Crippen LogP contribution in [0.15, 0.2) is 48.5 Å². The Morgan fingerprint density at radius 2 is 1.74 bits per heavy atom. The number of methoxy groups -OCH3 is 1. The van der Waals surface area contributed by atoms with E-state index in [1.54, 1.807) is 36.4 Å². The van der Waals surface area contributed by atoms with Crippen LogP contribution in [0, 0.1) is 11.3 Å². The molecule has 1 N–H and O–H groups in total. The van der Waals surface area contributed by atoms with E-state index in [2.05, 4.69) is 16.3 Å². The quantitative estimate of drug-likeness (QED) is 0.659. The Labute approximate surface area is 182 Å². The van der Waals surface area contributed by atoms with Crippen LogP contribution < -0.4 is 10.1 Å². The molecule has 3 rings (SSSR count). The molecule has 1 aliphatic rings. The van der Waals surface area contributed by atoms with Crippen molar-refractivity contribution in [3.63, 3.8) is 0 Å². The number of likely N-dealkylation sites (tertiary alicyclic amines) is 1. The Morgan fingerprint density at radius 1 is 1.06 bits per heavy atom. The third-order valence-corrected chi connectivity index (χ3v) is 5.37. The highest BCUT2D eigenvalue weighted by atomic mass is 16.5. The number of carbonyl (C=O) groups is 2. The van der Waals surface area contributed by atoms with E-state index in [4.69, 9.17) is 14.7 Å². The first-order chi connectivity index (χ1) is 15.1. The lowest BCUT2D eigenvalue weighted by Crippen LogP contribution is -2.50. The average molecular weight is 421 g/mol. The number of nitriles is 1. The Balaban J connectivity index is 1.52. The molecule has 162 valence electrons. The highest BCUT2D eigenvalue weighted by molar-refractivity contribution is 5.94. The first kappa shape index (κ1) is 22.3. The van der Waals surface area contributed by atoms with Gasteiger partial charge in [0, 0.05) is 12.1 Å². The Kier molecular flexibility index (Phi) is 8.02. The smallest absolute Gasteiger partial charge is 0.324 e. The van der Waals surface area contributed by atoms with Crippen LogP contribution in [0.3, 0.4) is 0 Å². The number of nitrogens with zero attached hydrogens (tertiary/aromatic N) is 2. The fourth-order valence-electron chi connectivity index (χ4n) is 3.56. The maximum Gasteiger partial charge on any atom is 0.324 e. The van der Waals surface area contributed by atoms with Crippen LogP contribution in [0.5, 0.6) is 5.75 Å². The number of carbonyl (C=O) groups excluding carboxylic acids is 2. The first-order valence-electron chi connectivity index (χ1n) is 10.4. The summed E-state index contributed by atoms with van der Waals surface area (Å²) >= 11 is 0. The number of piperidine rings is 1. The van der Waals surface area contributed by atoms with Crippen LogP contribution in [0.4, 0.5) is 0 Å². The minimum atomic E-state index is -0.468. The second kappa shape index (κ2) is 11.1. The van der Waals surface area contributed by atoms with Crippen LogP contribution in [0.1, 0.15) is 40.7 Å². The van der Waals surface area contributed by atoms with E-state index in [0.717, 1.165) is 37.9 Å². The maximum absolute atomic E-state index is 12.5. The van der Waals surface area contributed by atoms with Crippen molar-refractivity contribution >= 4 is 11.9 Å². The Morgan fingerprint density at radius 3 is 2.35 bits per heavy atom. The van der Waals surface area contributed by atoms with Gasteiger partial charge in [-0.25, -0.2) is 0 Å². The lowest BCUT2D eigenvalue weighted by molar-refractivity contribution is -0.147. The number of hydrogen-bond acceptors (Lipinski definition) is 6. The van der Waals surface area contributed by atoms with E-state index in [9.17, 15) is 9.59 Å². The van der Waals surface area contributed by atoms with E-state index >= 15 is 0 Å². The SMILES string of the molecule is COC(=O)[C@H](CNC(=O)c1ccc(OCc2ccc(C#N)cc2)cc1)N1CCCCC1. The molecule has 0 spiro atoms. The third kappa shape index (κ3) is 6.30. The molecule has 7 heteroatoms. The van der Waals surface area contributed by atoms with Gasteiger partial charge in [-0.15, -0.1) is 0 Å². The molecule has 1 fully saturated rings. The molecule has 2 aromatic carbocycles. The normalized spacial score (nSPS) is 14.8. The number of ether oxygens (including phenoxy) is 2. The number of nitrogens with one attached hydrogen (secondary N) is 1. The van der Waals surface area contributed by atoms with Gasteiger partial charge in [0.1, 0.15) is 18.4 Å². The topological polar surface area (TPSA) is 91.7 Å². The molecule has 1 amide bonds. The average Bonchev–Trinajstić information content (AvgIpc) is 2.83. The first-order valence-corrected chi connectivity index (χ1v) is 10.4. The zero-order chi connectivity index (χ0) is 22.1. The number of amides is 1. The summed E-state index contributed by atoms with van der Waals surface area (Å²) in [6, 6.07) is 15.7. The molecule has 7 nitrogen and oxygen atoms in total. The molecule has 0 unspecified atom stereocenters. The van der Waals surface area contributed by atoms with Gasteiger partial charge in [0.15, 0.2) is 0 Å². The molecule has 1 saturated heterocycles. The van der Waals surface area contributed by atoms with Crippen molar-refractivity contribution in [2.75, 3.05) is 26.7 Å². The molecule has 0 radical (unpaired) electrons. The molecule has 1 aliphatic heterocycles. The van der Waals surface area contributed by atoms with Crippen molar-refractivity contribution in [3.8, 4) is 11.8 Å². The predicted octanol–water partition coefficient (Wildman–Crippen LogP) is 2.89. The Bertz CT molecular complexity index is 913. The molecule has 1 atom stereocenters. The third-order valence-electron chi connectivity index (χ3n) is 5.37. The van der Waals surface area contributed by atoms with Crippen molar-refractivity contribution in [2.24, 2.45) is 0 Å². The second-order valence-electron chi connectivity index (χ2n) is 7.47. The molecule has 2 aromatic rings. The van der Waals surface area contributed by atoms with Gasteiger partial charge in [-0.1, -0.05) is 18.6 Å². The monoisotopic (exact) mass is 421 g/mol. The van der Waals surface area contributed by atoms with Gasteiger partial charge >= 0.3 is 5.97 Å². The predicted molar refractivity (Wildman–Crippen MR) is 115 cm³/mol. The van der Waals surface area contributed by atoms with E-state index in [0.29, 0.717) is 23.5 Å². The summed E-state index contributed by atoms with van der Waals surface area (Å²) in [7, 11) is 1.37. The van der Waals surface area contributed by atoms with Gasteiger partial charge in [0.25, 0.3) is 5.91 Å². The highest BCUT2D eigenvalue weighted by Gasteiger charge is 2.28. The van der Waals surface area contributed by atoms with Gasteiger partial charge in [-0.2, -0.15) is 5.26 Å². The number of benzene rings is 2. The number of rotatable bonds is 8. The van der Waals surface area contributed by atoms with Crippen molar-refractivity contribution in [1.29, 1.82) is 5.26 Å². The van der Waals surface area contributed by atoms with Crippen molar-refractivity contribution < 1.29 is 19.1 Å². The van der Waals surface area contributed by atoms with E-state index < -0.39 is 6.04 Å². The fraction of sp³-hybridized carbons (Fsp3) is 0.375. The standard InChI is InChI=1S/C24H27N3O4/c1-30-24(29)22(27-13-3-2-4-14-27)16-26-23(28)20-9-11-21(12-10-20)31-17-19-7-5-18(15-25)6-8-19/h5-12,22H,2-4,13-14,16-17H2,1H3,(H,26,28)/t22-/m0/s1. The zero-order valence-electron chi connectivity index (χ0n) is 17.7. The second-order valence-corrected chi connectivity index (χ2v) is 7.47. The summed E-state index contributed by atoms with van der Waals surface area (Å²) in [4.78, 5) is 26.8. The van der Waals surface area contributed by atoms with Crippen LogP contribution in [-0.4, -0.2) is 49.6 Å². The number of hydrogen-bond donors (Lipinski definition) is 1. The summed E-state index contributed by atoms with van der Waals surface area (Å²) in [5.41, 5.74) is 2.05. The van der Waals surface area contributed by atoms with Crippen LogP contribution in [0.25, 0.3) is 0 Å². The minimum Gasteiger partial charge on any atom is -0.489 e. The van der Waals surface area contributed by atoms with E-state index in [1.807, 2.05) is 12.1 Å². The molecule has 0 bridgehead atoms. The maximum atomic E-state index is 12.5. The van der Waals surface area contributed by atoms with Crippen LogP contribution in [0.2, 0.25) is 0 Å². The van der Waals surface area contributed by atoms with Gasteiger partial charge in [0.2, 0.25) is 0 Å². The minimum absolute atomic E-state index is 0.211. The molecule has 0 aliphatic carbocycles. The van der Waals surface area contributed by atoms with Crippen LogP contribution >= 0.6 is 0 Å². The lowest BCUT2D eigenvalue weighted by atomic mass is 10.1. The number of esters is 1. The Hall–Kier alpha value is -3.37. The molecular formula is C24H27N3O4. The van der Waals surface area contributed by atoms with Gasteiger partial charge in [-0.3, -0.25) is 14.5 Å². The zero-order valence-corrected chi connectivity index (χ0v) is 17.7. The summed E-state index contributed by atoms with van der Waals surface area (Å²) in [6.45, 7) is 2.25. The lowest BCUT2D eigenvalue weighted by Gasteiger charge is -2.32. The largest absolute Gasteiger partial charge is 0.489 e. The summed E-state index contributed by atoms with van der Waals surface area (Å²) in [6.07, 6.45) is 3.26. The van der Waals surface area contributed by atoms with Gasteiger partial charge in [0.05, 0.1) is 18.7 Å². The van der Waals surface area contributed by atoms with Crippen molar-refractivity contribution in [1.82, 2.24) is 10.2 Å². The van der Waals surface area contributed by atoms with Crippen molar-refractivity contribution in [2.45, 2.75) is 31.9 Å². The molecule has 1 heterocycles. The molecule has 0 saturated carbocycles. The summed E-state index contributed by atoms with van der Waals surface area (Å²) < 4.78 is 10.7. The van der Waals surface area contributed by atoms with E-state index in [-0.39, 0.29) is 18.4 Å². The van der Waals surface area contributed by atoms with Crippen LogP contribution in [-0.2, 0) is 16.1 Å². The highest BCUT2D eigenvalue weighted by Crippen LogP contribution is 2.16. The molecule has 31 heavy (non-hydrogen) atoms. The van der Waals surface area contributed by atoms with Gasteiger partial charge in [-0.05, 0) is 67.9 Å². The summed E-state index contributed by atoms with van der Waals surface area (Å²) in [5, 5.41) is 11.7. The van der Waals surface area contributed by atoms with E-state index in [1.165, 1.54) is 7.11 Å². The molecule has 0 aromatic heterocycles. The van der Waals surface area contributed by atoms with Crippen molar-refractivity contribution in [3.05, 3.63) is 65.2 Å². The summed E-state index contributed by atoms with van der Waals surface area (Å²) in [5.74, 6) is 0.0694.